The van der Waals surface area contributed by atoms with Gasteiger partial charge in [-0.25, -0.2) is 8.42 Å². The summed E-state index contributed by atoms with van der Waals surface area (Å²) in [5.74, 6) is 0.787. The third-order valence-electron chi connectivity index (χ3n) is 2.55. The van der Waals surface area contributed by atoms with E-state index in [1.54, 1.807) is 36.4 Å². The van der Waals surface area contributed by atoms with Crippen molar-refractivity contribution in [2.24, 2.45) is 0 Å². The Kier molecular flexibility index (Phi) is 3.98. The summed E-state index contributed by atoms with van der Waals surface area (Å²) in [6.45, 7) is 0. The van der Waals surface area contributed by atoms with Crippen LogP contribution in [0.3, 0.4) is 0 Å². The van der Waals surface area contributed by atoms with E-state index in [-0.39, 0.29) is 10.7 Å². The van der Waals surface area contributed by atoms with E-state index in [2.05, 4.69) is 0 Å². The van der Waals surface area contributed by atoms with Crippen molar-refractivity contribution in [3.63, 3.8) is 0 Å². The van der Waals surface area contributed by atoms with Crippen LogP contribution in [0.15, 0.2) is 45.7 Å². The summed E-state index contributed by atoms with van der Waals surface area (Å²) >= 11 is 6.05. The van der Waals surface area contributed by atoms with E-state index in [4.69, 9.17) is 21.3 Å². The smallest absolute Gasteiger partial charge is 0.185 e. The number of benzene rings is 1. The normalized spacial score (nSPS) is 12.2. The Morgan fingerprint density at radius 2 is 2.00 bits per heavy atom. The molecule has 2 rings (SSSR count). The maximum absolute atomic E-state index is 11.3. The van der Waals surface area contributed by atoms with Crippen molar-refractivity contribution in [3.05, 3.63) is 52.1 Å². The first-order valence-electron chi connectivity index (χ1n) is 5.58. The fourth-order valence-electron chi connectivity index (χ4n) is 1.59. The van der Waals surface area contributed by atoms with Crippen LogP contribution in [0, 0.1) is 11.3 Å². The Morgan fingerprint density at radius 3 is 2.60 bits per heavy atom. The number of nitriles is 1. The standard InChI is InChI=1S/C14H10ClNO3S/c1-20(17,18)11(9-16)8-10-6-7-14(19-10)12-4-2-3-5-13(12)15/h2-8H,1H3. The van der Waals surface area contributed by atoms with Crippen LogP contribution in [-0.2, 0) is 9.84 Å². The molecule has 102 valence electrons. The Balaban J connectivity index is 2.43. The highest BCUT2D eigenvalue weighted by atomic mass is 35.5. The van der Waals surface area contributed by atoms with E-state index in [0.717, 1.165) is 6.26 Å². The van der Waals surface area contributed by atoms with Crippen molar-refractivity contribution in [2.75, 3.05) is 6.26 Å². The maximum Gasteiger partial charge on any atom is 0.185 e. The Morgan fingerprint density at radius 1 is 1.30 bits per heavy atom. The molecule has 0 amide bonds. The quantitative estimate of drug-likeness (QED) is 0.813. The molecule has 0 aliphatic heterocycles. The molecule has 1 heterocycles. The maximum atomic E-state index is 11.3. The van der Waals surface area contributed by atoms with E-state index < -0.39 is 9.84 Å². The van der Waals surface area contributed by atoms with Gasteiger partial charge in [-0.1, -0.05) is 23.7 Å². The fourth-order valence-corrected chi connectivity index (χ4v) is 2.31. The third kappa shape index (κ3) is 3.10. The number of hydrogen-bond acceptors (Lipinski definition) is 4. The van der Waals surface area contributed by atoms with Crippen molar-refractivity contribution in [3.8, 4) is 17.4 Å². The lowest BCUT2D eigenvalue weighted by Crippen LogP contribution is -1.97. The molecule has 0 atom stereocenters. The van der Waals surface area contributed by atoms with E-state index in [9.17, 15) is 8.42 Å². The second-order valence-electron chi connectivity index (χ2n) is 4.07. The Hall–Kier alpha value is -2.03. The van der Waals surface area contributed by atoms with Crippen molar-refractivity contribution in [1.29, 1.82) is 5.26 Å². The molecular weight excluding hydrogens is 298 g/mol. The first-order valence-corrected chi connectivity index (χ1v) is 7.85. The molecule has 2 aromatic rings. The molecule has 0 saturated heterocycles. The predicted octanol–water partition coefficient (Wildman–Crippen LogP) is 3.51. The Bertz CT molecular complexity index is 813. The van der Waals surface area contributed by atoms with Crippen molar-refractivity contribution in [1.82, 2.24) is 0 Å². The lowest BCUT2D eigenvalue weighted by atomic mass is 10.2. The molecule has 0 aliphatic carbocycles. The molecule has 0 N–H and O–H groups in total. The highest BCUT2D eigenvalue weighted by Gasteiger charge is 2.13. The van der Waals surface area contributed by atoms with Gasteiger partial charge in [-0.15, -0.1) is 0 Å². The van der Waals surface area contributed by atoms with E-state index in [1.165, 1.54) is 6.08 Å². The summed E-state index contributed by atoms with van der Waals surface area (Å²) in [6, 6.07) is 12.0. The lowest BCUT2D eigenvalue weighted by Gasteiger charge is -1.99. The second-order valence-corrected chi connectivity index (χ2v) is 6.47. The van der Waals surface area contributed by atoms with E-state index in [0.29, 0.717) is 16.3 Å². The zero-order valence-electron chi connectivity index (χ0n) is 10.5. The first-order chi connectivity index (χ1) is 9.41. The summed E-state index contributed by atoms with van der Waals surface area (Å²) in [5, 5.41) is 9.36. The number of rotatable bonds is 3. The van der Waals surface area contributed by atoms with Gasteiger partial charge >= 0.3 is 0 Å². The molecule has 0 spiro atoms. The molecule has 0 fully saturated rings. The van der Waals surface area contributed by atoms with Gasteiger partial charge in [0.15, 0.2) is 9.84 Å². The molecule has 4 nitrogen and oxygen atoms in total. The van der Waals surface area contributed by atoms with Gasteiger partial charge in [0.2, 0.25) is 0 Å². The van der Waals surface area contributed by atoms with Crippen LogP contribution in [0.2, 0.25) is 5.02 Å². The minimum absolute atomic E-state index is 0.280. The van der Waals surface area contributed by atoms with Gasteiger partial charge in [-0.05, 0) is 24.3 Å². The molecule has 0 bridgehead atoms. The SMILES string of the molecule is CS(=O)(=O)C(C#N)=Cc1ccc(-c2ccccc2Cl)o1. The van der Waals surface area contributed by atoms with Gasteiger partial charge < -0.3 is 4.42 Å². The number of furan rings is 1. The van der Waals surface area contributed by atoms with Crippen LogP contribution < -0.4 is 0 Å². The van der Waals surface area contributed by atoms with Crippen LogP contribution in [0.25, 0.3) is 17.4 Å². The summed E-state index contributed by atoms with van der Waals surface area (Å²) in [6.07, 6.45) is 2.16. The van der Waals surface area contributed by atoms with E-state index >= 15 is 0 Å². The molecule has 6 heteroatoms. The second kappa shape index (κ2) is 5.53. The number of nitrogens with zero attached hydrogens (tertiary/aromatic N) is 1. The largest absolute Gasteiger partial charge is 0.457 e. The predicted molar refractivity (Wildman–Crippen MR) is 77.6 cm³/mol. The van der Waals surface area contributed by atoms with Gasteiger partial charge in [-0.2, -0.15) is 5.26 Å². The van der Waals surface area contributed by atoms with Crippen molar-refractivity contribution in [2.45, 2.75) is 0 Å². The molecule has 20 heavy (non-hydrogen) atoms. The van der Waals surface area contributed by atoms with Crippen LogP contribution >= 0.6 is 11.6 Å². The molecule has 0 unspecified atom stereocenters. The van der Waals surface area contributed by atoms with Crippen LogP contribution in [0.5, 0.6) is 0 Å². The summed E-state index contributed by atoms with van der Waals surface area (Å²) in [5.41, 5.74) is 0.701. The zero-order valence-corrected chi connectivity index (χ0v) is 12.1. The Labute approximate surface area is 121 Å². The van der Waals surface area contributed by atoms with Crippen molar-refractivity contribution < 1.29 is 12.8 Å². The number of allylic oxidation sites excluding steroid dienone is 1. The molecule has 1 aromatic carbocycles. The van der Waals surface area contributed by atoms with E-state index in [1.807, 2.05) is 6.07 Å². The summed E-state index contributed by atoms with van der Waals surface area (Å²) < 4.78 is 28.2. The highest BCUT2D eigenvalue weighted by molar-refractivity contribution is 7.95. The molecule has 0 radical (unpaired) electrons. The number of sulfone groups is 1. The van der Waals surface area contributed by atoms with Crippen LogP contribution in [-0.4, -0.2) is 14.7 Å². The number of halogens is 1. The fraction of sp³-hybridized carbons (Fsp3) is 0.0714. The minimum atomic E-state index is -3.56. The summed E-state index contributed by atoms with van der Waals surface area (Å²) in [7, 11) is -3.56. The minimum Gasteiger partial charge on any atom is -0.457 e. The molecule has 1 aromatic heterocycles. The lowest BCUT2D eigenvalue weighted by molar-refractivity contribution is 0.571. The third-order valence-corrected chi connectivity index (χ3v) is 3.89. The van der Waals surface area contributed by atoms with Gasteiger partial charge in [0.1, 0.15) is 22.5 Å². The van der Waals surface area contributed by atoms with Gasteiger partial charge in [-0.3, -0.25) is 0 Å². The first kappa shape index (κ1) is 14.4. The van der Waals surface area contributed by atoms with Gasteiger partial charge in [0, 0.05) is 17.9 Å². The van der Waals surface area contributed by atoms with Gasteiger partial charge in [0.05, 0.1) is 5.02 Å². The molecule has 0 aliphatic rings. The van der Waals surface area contributed by atoms with Crippen LogP contribution in [0.1, 0.15) is 5.76 Å². The van der Waals surface area contributed by atoms with Gasteiger partial charge in [0.25, 0.3) is 0 Å². The zero-order chi connectivity index (χ0) is 14.8. The van der Waals surface area contributed by atoms with Crippen LogP contribution in [0.4, 0.5) is 0 Å². The average Bonchev–Trinajstić information content (AvgIpc) is 2.83. The topological polar surface area (TPSA) is 71.1 Å². The molecule has 0 saturated carbocycles. The summed E-state index contributed by atoms with van der Waals surface area (Å²) in [4.78, 5) is -0.349. The monoisotopic (exact) mass is 307 g/mol. The average molecular weight is 308 g/mol. The molecular formula is C14H10ClNO3S. The number of hydrogen-bond donors (Lipinski definition) is 0. The highest BCUT2D eigenvalue weighted by Crippen LogP contribution is 2.29. The van der Waals surface area contributed by atoms with Crippen molar-refractivity contribution >= 4 is 27.5 Å².